The molecule has 23 heavy (non-hydrogen) atoms. The Morgan fingerprint density at radius 2 is 1.74 bits per heavy atom. The number of hydrogen-bond acceptors (Lipinski definition) is 3. The lowest BCUT2D eigenvalue weighted by Gasteiger charge is -2.15. The van der Waals surface area contributed by atoms with Gasteiger partial charge in [-0.2, -0.15) is 0 Å². The fourth-order valence-electron chi connectivity index (χ4n) is 1.79. The zero-order chi connectivity index (χ0) is 16.7. The van der Waals surface area contributed by atoms with Crippen molar-refractivity contribution in [2.24, 2.45) is 0 Å². The lowest BCUT2D eigenvalue weighted by molar-refractivity contribution is -0.127. The molecule has 0 fully saturated rings. The van der Waals surface area contributed by atoms with Crippen LogP contribution in [0.2, 0.25) is 5.02 Å². The van der Waals surface area contributed by atoms with E-state index >= 15 is 0 Å². The summed E-state index contributed by atoms with van der Waals surface area (Å²) in [5, 5.41) is 3.34. The maximum absolute atomic E-state index is 12.8. The van der Waals surface area contributed by atoms with Gasteiger partial charge < -0.3 is 14.8 Å². The highest BCUT2D eigenvalue weighted by Gasteiger charge is 2.14. The van der Waals surface area contributed by atoms with Crippen LogP contribution < -0.4 is 14.8 Å². The van der Waals surface area contributed by atoms with Crippen LogP contribution in [-0.2, 0) is 4.79 Å². The number of nitrogens with one attached hydrogen (secondary N) is 1. The maximum atomic E-state index is 12.8. The number of ether oxygens (including phenoxy) is 2. The molecule has 0 saturated heterocycles. The Labute approximate surface area is 139 Å². The zero-order valence-corrected chi connectivity index (χ0v) is 13.3. The van der Waals surface area contributed by atoms with Crippen LogP contribution >= 0.6 is 11.6 Å². The summed E-state index contributed by atoms with van der Waals surface area (Å²) in [5.41, 5.74) is 0. The van der Waals surface area contributed by atoms with Crippen LogP contribution in [0, 0.1) is 5.82 Å². The zero-order valence-electron chi connectivity index (χ0n) is 12.6. The van der Waals surface area contributed by atoms with E-state index in [0.717, 1.165) is 0 Å². The number of amides is 1. The monoisotopic (exact) mass is 337 g/mol. The molecule has 0 aliphatic carbocycles. The van der Waals surface area contributed by atoms with E-state index in [1.807, 2.05) is 0 Å². The van der Waals surface area contributed by atoms with Crippen LogP contribution in [0.3, 0.4) is 0 Å². The van der Waals surface area contributed by atoms with Gasteiger partial charge in [0.2, 0.25) is 0 Å². The van der Waals surface area contributed by atoms with Gasteiger partial charge in [0.1, 0.15) is 23.9 Å². The van der Waals surface area contributed by atoms with Crippen molar-refractivity contribution in [3.05, 3.63) is 59.4 Å². The Hall–Kier alpha value is -2.27. The van der Waals surface area contributed by atoms with Gasteiger partial charge in [-0.25, -0.2) is 4.39 Å². The van der Waals surface area contributed by atoms with E-state index in [2.05, 4.69) is 5.32 Å². The van der Waals surface area contributed by atoms with E-state index in [9.17, 15) is 9.18 Å². The minimum absolute atomic E-state index is 0.269. The second-order valence-corrected chi connectivity index (χ2v) is 5.24. The molecule has 0 unspecified atom stereocenters. The first-order chi connectivity index (χ1) is 11.0. The van der Waals surface area contributed by atoms with E-state index in [1.165, 1.54) is 24.3 Å². The predicted octanol–water partition coefficient (Wildman–Crippen LogP) is 3.44. The van der Waals surface area contributed by atoms with Gasteiger partial charge in [-0.15, -0.1) is 0 Å². The molecule has 6 heteroatoms. The van der Waals surface area contributed by atoms with Crippen LogP contribution in [0.25, 0.3) is 0 Å². The van der Waals surface area contributed by atoms with Crippen LogP contribution in [-0.4, -0.2) is 25.2 Å². The Kier molecular flexibility index (Phi) is 6.23. The fourth-order valence-corrected chi connectivity index (χ4v) is 1.91. The van der Waals surface area contributed by atoms with Crippen molar-refractivity contribution in [3.8, 4) is 11.5 Å². The summed E-state index contributed by atoms with van der Waals surface area (Å²) in [6.45, 7) is 2.30. The molecule has 2 aromatic carbocycles. The molecule has 0 heterocycles. The first-order valence-corrected chi connectivity index (χ1v) is 7.50. The molecule has 4 nitrogen and oxygen atoms in total. The van der Waals surface area contributed by atoms with Crippen molar-refractivity contribution in [3.63, 3.8) is 0 Å². The van der Waals surface area contributed by atoms with Gasteiger partial charge in [-0.05, 0) is 55.5 Å². The van der Waals surface area contributed by atoms with Crippen molar-refractivity contribution < 1.29 is 18.7 Å². The Bertz CT molecular complexity index is 631. The summed E-state index contributed by atoms with van der Waals surface area (Å²) >= 11 is 5.78. The molecule has 2 rings (SSSR count). The lowest BCUT2D eigenvalue weighted by Crippen LogP contribution is -2.38. The van der Waals surface area contributed by atoms with Gasteiger partial charge in [0, 0.05) is 5.02 Å². The number of carbonyl (C=O) groups is 1. The van der Waals surface area contributed by atoms with Crippen molar-refractivity contribution in [2.45, 2.75) is 13.0 Å². The highest BCUT2D eigenvalue weighted by Crippen LogP contribution is 2.15. The molecule has 0 saturated carbocycles. The molecule has 122 valence electrons. The molecule has 0 aliphatic rings. The summed E-state index contributed by atoms with van der Waals surface area (Å²) in [7, 11) is 0. The molecular weight excluding hydrogens is 321 g/mol. The Morgan fingerprint density at radius 3 is 2.39 bits per heavy atom. The number of carbonyl (C=O) groups excluding carboxylic acids is 1. The van der Waals surface area contributed by atoms with E-state index in [-0.39, 0.29) is 11.7 Å². The Balaban J connectivity index is 1.69. The smallest absolute Gasteiger partial charge is 0.260 e. The summed E-state index contributed by atoms with van der Waals surface area (Å²) < 4.78 is 23.7. The standard InChI is InChI=1S/C17H17ClFNO3/c1-12(23-16-8-4-14(19)5-9-16)17(21)20-10-11-22-15-6-2-13(18)3-7-15/h2-9,12H,10-11H2,1H3,(H,20,21)/t12-/m1/s1. The summed E-state index contributed by atoms with van der Waals surface area (Å²) in [4.78, 5) is 11.9. The third-order valence-electron chi connectivity index (χ3n) is 2.98. The maximum Gasteiger partial charge on any atom is 0.260 e. The SMILES string of the molecule is C[C@@H](Oc1ccc(F)cc1)C(=O)NCCOc1ccc(Cl)cc1. The molecule has 1 amide bonds. The first-order valence-electron chi connectivity index (χ1n) is 7.13. The van der Waals surface area contributed by atoms with Crippen LogP contribution in [0.15, 0.2) is 48.5 Å². The summed E-state index contributed by atoms with van der Waals surface area (Å²) in [6.07, 6.45) is -0.684. The Morgan fingerprint density at radius 1 is 1.13 bits per heavy atom. The molecule has 0 radical (unpaired) electrons. The van der Waals surface area contributed by atoms with E-state index in [0.29, 0.717) is 29.7 Å². The van der Waals surface area contributed by atoms with Crippen LogP contribution in [0.4, 0.5) is 4.39 Å². The molecule has 0 aliphatic heterocycles. The lowest BCUT2D eigenvalue weighted by atomic mass is 10.3. The molecule has 0 spiro atoms. The van der Waals surface area contributed by atoms with Gasteiger partial charge in [-0.1, -0.05) is 11.6 Å². The van der Waals surface area contributed by atoms with Gasteiger partial charge >= 0.3 is 0 Å². The van der Waals surface area contributed by atoms with Gasteiger partial charge in [-0.3, -0.25) is 4.79 Å². The average molecular weight is 338 g/mol. The van der Waals surface area contributed by atoms with Crippen LogP contribution in [0.1, 0.15) is 6.92 Å². The van der Waals surface area contributed by atoms with E-state index in [4.69, 9.17) is 21.1 Å². The number of rotatable bonds is 7. The second kappa shape index (κ2) is 8.39. The first kappa shape index (κ1) is 17.1. The van der Waals surface area contributed by atoms with Gasteiger partial charge in [0.15, 0.2) is 6.10 Å². The summed E-state index contributed by atoms with van der Waals surface area (Å²) in [6, 6.07) is 12.5. The normalized spacial score (nSPS) is 11.6. The number of benzene rings is 2. The second-order valence-electron chi connectivity index (χ2n) is 4.81. The van der Waals surface area contributed by atoms with E-state index < -0.39 is 6.10 Å². The van der Waals surface area contributed by atoms with Crippen molar-refractivity contribution in [1.29, 1.82) is 0 Å². The molecule has 0 bridgehead atoms. The predicted molar refractivity (Wildman–Crippen MR) is 86.4 cm³/mol. The third-order valence-corrected chi connectivity index (χ3v) is 3.23. The largest absolute Gasteiger partial charge is 0.492 e. The molecule has 0 aromatic heterocycles. The van der Waals surface area contributed by atoms with Crippen LogP contribution in [0.5, 0.6) is 11.5 Å². The molecule has 1 atom stereocenters. The molecule has 1 N–H and O–H groups in total. The van der Waals surface area contributed by atoms with Gasteiger partial charge in [0.05, 0.1) is 6.54 Å². The quantitative estimate of drug-likeness (QED) is 0.787. The van der Waals surface area contributed by atoms with Crippen molar-refractivity contribution >= 4 is 17.5 Å². The minimum atomic E-state index is -0.684. The van der Waals surface area contributed by atoms with Crippen molar-refractivity contribution in [1.82, 2.24) is 5.32 Å². The topological polar surface area (TPSA) is 47.6 Å². The fraction of sp³-hybridized carbons (Fsp3) is 0.235. The average Bonchev–Trinajstić information content (AvgIpc) is 2.55. The van der Waals surface area contributed by atoms with Crippen molar-refractivity contribution in [2.75, 3.05) is 13.2 Å². The summed E-state index contributed by atoms with van der Waals surface area (Å²) in [5.74, 6) is 0.494. The minimum Gasteiger partial charge on any atom is -0.492 e. The number of halogens is 2. The highest BCUT2D eigenvalue weighted by atomic mass is 35.5. The molecular formula is C17H17ClFNO3. The number of hydrogen-bond donors (Lipinski definition) is 1. The highest BCUT2D eigenvalue weighted by molar-refractivity contribution is 6.30. The molecule has 2 aromatic rings. The third kappa shape index (κ3) is 5.79. The van der Waals surface area contributed by atoms with E-state index in [1.54, 1.807) is 31.2 Å². The van der Waals surface area contributed by atoms with Gasteiger partial charge in [0.25, 0.3) is 5.91 Å².